The van der Waals surface area contributed by atoms with Crippen LogP contribution >= 0.6 is 11.6 Å². The van der Waals surface area contributed by atoms with Gasteiger partial charge in [-0.2, -0.15) is 4.98 Å². The van der Waals surface area contributed by atoms with E-state index in [0.717, 1.165) is 37.0 Å². The number of hydrogen-bond donors (Lipinski definition) is 1. The van der Waals surface area contributed by atoms with E-state index in [4.69, 9.17) is 26.6 Å². The van der Waals surface area contributed by atoms with Crippen molar-refractivity contribution < 1.29 is 9.26 Å². The van der Waals surface area contributed by atoms with Crippen LogP contribution in [0.2, 0.25) is 5.02 Å². The van der Waals surface area contributed by atoms with Gasteiger partial charge in [0.15, 0.2) is 12.4 Å². The Morgan fingerprint density at radius 1 is 1.38 bits per heavy atom. The van der Waals surface area contributed by atoms with Crippen molar-refractivity contribution in [1.82, 2.24) is 10.1 Å². The molecular formula is C15H18ClN3O2. The molecule has 5 nitrogen and oxygen atoms in total. The van der Waals surface area contributed by atoms with E-state index < -0.39 is 5.54 Å². The van der Waals surface area contributed by atoms with Crippen LogP contribution in [0.4, 0.5) is 0 Å². The van der Waals surface area contributed by atoms with Crippen molar-refractivity contribution >= 4 is 11.6 Å². The number of nitrogens with two attached hydrogens (primary N) is 1. The summed E-state index contributed by atoms with van der Waals surface area (Å²) < 4.78 is 10.9. The SMILES string of the molecule is Cc1cc(Cl)ccc1OCc1nc(C2(N)CCCC2)no1. The molecule has 6 heteroatoms. The highest BCUT2D eigenvalue weighted by Gasteiger charge is 2.35. The predicted molar refractivity (Wildman–Crippen MR) is 79.2 cm³/mol. The molecule has 0 saturated heterocycles. The summed E-state index contributed by atoms with van der Waals surface area (Å²) in [7, 11) is 0. The molecule has 3 rings (SSSR count). The number of rotatable bonds is 4. The third-order valence-electron chi connectivity index (χ3n) is 3.90. The lowest BCUT2D eigenvalue weighted by Crippen LogP contribution is -2.34. The van der Waals surface area contributed by atoms with E-state index in [1.165, 1.54) is 0 Å². The summed E-state index contributed by atoms with van der Waals surface area (Å²) in [4.78, 5) is 4.37. The van der Waals surface area contributed by atoms with Gasteiger partial charge in [0, 0.05) is 5.02 Å². The van der Waals surface area contributed by atoms with Crippen LogP contribution in [-0.2, 0) is 12.1 Å². The Hall–Kier alpha value is -1.59. The molecule has 0 amide bonds. The van der Waals surface area contributed by atoms with Crippen LogP contribution in [0.1, 0.15) is 43.0 Å². The van der Waals surface area contributed by atoms with Crippen LogP contribution in [0.3, 0.4) is 0 Å². The fraction of sp³-hybridized carbons (Fsp3) is 0.467. The molecule has 1 aromatic carbocycles. The van der Waals surface area contributed by atoms with Gasteiger partial charge in [-0.3, -0.25) is 0 Å². The smallest absolute Gasteiger partial charge is 0.264 e. The van der Waals surface area contributed by atoms with E-state index in [1.54, 1.807) is 6.07 Å². The Kier molecular flexibility index (Phi) is 3.87. The van der Waals surface area contributed by atoms with Crippen LogP contribution in [0, 0.1) is 6.92 Å². The van der Waals surface area contributed by atoms with Crippen LogP contribution in [-0.4, -0.2) is 10.1 Å². The quantitative estimate of drug-likeness (QED) is 0.937. The van der Waals surface area contributed by atoms with E-state index in [9.17, 15) is 0 Å². The number of ether oxygens (including phenoxy) is 1. The first-order chi connectivity index (χ1) is 10.1. The van der Waals surface area contributed by atoms with Crippen LogP contribution in [0.5, 0.6) is 5.75 Å². The van der Waals surface area contributed by atoms with Gasteiger partial charge >= 0.3 is 0 Å². The third kappa shape index (κ3) is 3.04. The van der Waals surface area contributed by atoms with Crippen molar-refractivity contribution in [2.24, 2.45) is 5.73 Å². The summed E-state index contributed by atoms with van der Waals surface area (Å²) in [6, 6.07) is 5.47. The molecule has 0 atom stereocenters. The number of aromatic nitrogens is 2. The Bertz CT molecular complexity index is 636. The zero-order valence-corrected chi connectivity index (χ0v) is 12.7. The van der Waals surface area contributed by atoms with Crippen LogP contribution in [0.25, 0.3) is 0 Å². The van der Waals surface area contributed by atoms with Crippen molar-refractivity contribution in [2.75, 3.05) is 0 Å². The molecule has 1 aromatic heterocycles. The zero-order valence-electron chi connectivity index (χ0n) is 11.9. The van der Waals surface area contributed by atoms with Gasteiger partial charge in [0.05, 0.1) is 5.54 Å². The predicted octanol–water partition coefficient (Wildman–Crippen LogP) is 3.34. The zero-order chi connectivity index (χ0) is 14.9. The van der Waals surface area contributed by atoms with Crippen molar-refractivity contribution in [2.45, 2.75) is 44.8 Å². The number of benzene rings is 1. The Morgan fingerprint density at radius 2 is 2.14 bits per heavy atom. The molecule has 112 valence electrons. The van der Waals surface area contributed by atoms with Gasteiger partial charge in [0.1, 0.15) is 5.75 Å². The van der Waals surface area contributed by atoms with Gasteiger partial charge in [-0.25, -0.2) is 0 Å². The van der Waals surface area contributed by atoms with E-state index >= 15 is 0 Å². The molecule has 0 aliphatic heterocycles. The molecule has 1 saturated carbocycles. The van der Waals surface area contributed by atoms with Gasteiger partial charge in [0.2, 0.25) is 0 Å². The molecule has 0 unspecified atom stereocenters. The Balaban J connectivity index is 1.67. The molecule has 1 aliphatic rings. The lowest BCUT2D eigenvalue weighted by Gasteiger charge is -2.17. The second kappa shape index (κ2) is 5.66. The van der Waals surface area contributed by atoms with Crippen molar-refractivity contribution in [1.29, 1.82) is 0 Å². The summed E-state index contributed by atoms with van der Waals surface area (Å²) in [6.07, 6.45) is 4.04. The monoisotopic (exact) mass is 307 g/mol. The molecule has 0 radical (unpaired) electrons. The van der Waals surface area contributed by atoms with Gasteiger partial charge < -0.3 is 15.0 Å². The highest BCUT2D eigenvalue weighted by atomic mass is 35.5. The Morgan fingerprint density at radius 3 is 2.86 bits per heavy atom. The fourth-order valence-corrected chi connectivity index (χ4v) is 2.89. The first-order valence-corrected chi connectivity index (χ1v) is 7.45. The molecule has 21 heavy (non-hydrogen) atoms. The minimum Gasteiger partial charge on any atom is -0.483 e. The van der Waals surface area contributed by atoms with Gasteiger partial charge in [-0.05, 0) is 43.5 Å². The highest BCUT2D eigenvalue weighted by Crippen LogP contribution is 2.34. The molecule has 1 heterocycles. The maximum Gasteiger partial charge on any atom is 0.264 e. The largest absolute Gasteiger partial charge is 0.483 e. The molecule has 2 aromatic rings. The van der Waals surface area contributed by atoms with Crippen molar-refractivity contribution in [3.05, 3.63) is 40.5 Å². The molecule has 2 N–H and O–H groups in total. The normalized spacial score (nSPS) is 17.1. The first-order valence-electron chi connectivity index (χ1n) is 7.08. The number of halogens is 1. The lowest BCUT2D eigenvalue weighted by atomic mass is 9.99. The topological polar surface area (TPSA) is 74.2 Å². The highest BCUT2D eigenvalue weighted by molar-refractivity contribution is 6.30. The van der Waals surface area contributed by atoms with E-state index in [-0.39, 0.29) is 6.61 Å². The van der Waals surface area contributed by atoms with E-state index in [2.05, 4.69) is 10.1 Å². The second-order valence-electron chi connectivity index (χ2n) is 5.57. The number of hydrogen-bond acceptors (Lipinski definition) is 5. The summed E-state index contributed by atoms with van der Waals surface area (Å²) in [6.45, 7) is 2.17. The van der Waals surface area contributed by atoms with Gasteiger partial charge in [-0.15, -0.1) is 0 Å². The van der Waals surface area contributed by atoms with Gasteiger partial charge in [0.25, 0.3) is 5.89 Å². The number of nitrogens with zero attached hydrogens (tertiary/aromatic N) is 2. The van der Waals surface area contributed by atoms with E-state index in [0.29, 0.717) is 16.7 Å². The lowest BCUT2D eigenvalue weighted by molar-refractivity contribution is 0.240. The summed E-state index contributed by atoms with van der Waals surface area (Å²) in [5, 5.41) is 4.69. The van der Waals surface area contributed by atoms with E-state index in [1.807, 2.05) is 19.1 Å². The summed E-state index contributed by atoms with van der Waals surface area (Å²) in [5.74, 6) is 1.78. The van der Waals surface area contributed by atoms with Crippen LogP contribution < -0.4 is 10.5 Å². The maximum absolute atomic E-state index is 6.30. The first kappa shape index (κ1) is 14.4. The molecular weight excluding hydrogens is 290 g/mol. The second-order valence-corrected chi connectivity index (χ2v) is 6.01. The minimum absolute atomic E-state index is 0.228. The molecule has 1 aliphatic carbocycles. The maximum atomic E-state index is 6.30. The van der Waals surface area contributed by atoms with Crippen molar-refractivity contribution in [3.63, 3.8) is 0 Å². The molecule has 0 bridgehead atoms. The fourth-order valence-electron chi connectivity index (χ4n) is 2.66. The van der Waals surface area contributed by atoms with Crippen LogP contribution in [0.15, 0.2) is 22.7 Å². The average Bonchev–Trinajstić information content (AvgIpc) is 3.08. The minimum atomic E-state index is -0.433. The average molecular weight is 308 g/mol. The van der Waals surface area contributed by atoms with Gasteiger partial charge in [-0.1, -0.05) is 29.6 Å². The third-order valence-corrected chi connectivity index (χ3v) is 4.13. The number of aryl methyl sites for hydroxylation is 1. The Labute approximate surface area is 128 Å². The summed E-state index contributed by atoms with van der Waals surface area (Å²) in [5.41, 5.74) is 6.83. The standard InChI is InChI=1S/C15H18ClN3O2/c1-10-8-11(16)4-5-12(10)20-9-13-18-14(19-21-13)15(17)6-2-3-7-15/h4-5,8H,2-3,6-7,9,17H2,1H3. The molecule has 0 spiro atoms. The summed E-state index contributed by atoms with van der Waals surface area (Å²) >= 11 is 5.92. The van der Waals surface area contributed by atoms with Crippen molar-refractivity contribution in [3.8, 4) is 5.75 Å². The molecule has 1 fully saturated rings.